The Morgan fingerprint density at radius 1 is 1.55 bits per heavy atom. The molecule has 1 heterocycles. The van der Waals surface area contributed by atoms with E-state index in [0.29, 0.717) is 25.2 Å². The predicted octanol–water partition coefficient (Wildman–Crippen LogP) is 0.111. The Hall–Kier alpha value is -1.98. The Morgan fingerprint density at radius 2 is 2.30 bits per heavy atom. The number of likely N-dealkylation sites (tertiary alicyclic amines) is 1. The Balaban J connectivity index is 2.23. The van der Waals surface area contributed by atoms with Crippen LogP contribution < -0.4 is 15.2 Å². The Bertz CT molecular complexity index is 639. The van der Waals surface area contributed by atoms with E-state index in [1.165, 1.54) is 24.1 Å². The number of methoxy groups -OCH3 is 1. The van der Waals surface area contributed by atoms with Crippen molar-refractivity contribution in [1.82, 2.24) is 9.62 Å². The number of benzene rings is 1. The zero-order valence-electron chi connectivity index (χ0n) is 11.0. The van der Waals surface area contributed by atoms with Crippen LogP contribution in [0.3, 0.4) is 0 Å². The van der Waals surface area contributed by atoms with Gasteiger partial charge in [-0.1, -0.05) is 0 Å². The number of anilines is 1. The second-order valence-electron chi connectivity index (χ2n) is 4.56. The number of nitriles is 1. The summed E-state index contributed by atoms with van der Waals surface area (Å²) in [5, 5.41) is 8.78. The van der Waals surface area contributed by atoms with Gasteiger partial charge < -0.3 is 15.4 Å². The number of nitrogens with two attached hydrogens (primary N) is 1. The monoisotopic (exact) mass is 296 g/mol. The normalized spacial score (nSPS) is 18.8. The summed E-state index contributed by atoms with van der Waals surface area (Å²) in [5.74, 6) is 0.238. The molecule has 3 N–H and O–H groups in total. The van der Waals surface area contributed by atoms with Gasteiger partial charge in [0.15, 0.2) is 6.19 Å². The minimum Gasteiger partial charge on any atom is -0.495 e. The summed E-state index contributed by atoms with van der Waals surface area (Å²) in [4.78, 5) is 1.53. The van der Waals surface area contributed by atoms with Crippen molar-refractivity contribution in [3.63, 3.8) is 0 Å². The van der Waals surface area contributed by atoms with Gasteiger partial charge in [0.05, 0.1) is 7.11 Å². The van der Waals surface area contributed by atoms with Crippen LogP contribution in [0.1, 0.15) is 6.42 Å². The van der Waals surface area contributed by atoms with Crippen LogP contribution in [0.15, 0.2) is 23.1 Å². The summed E-state index contributed by atoms with van der Waals surface area (Å²) in [6, 6.07) is 4.16. The van der Waals surface area contributed by atoms with Crippen LogP contribution in [0, 0.1) is 11.5 Å². The minimum absolute atomic E-state index is 0.00964. The SMILES string of the molecule is COc1ccc(N)cc1S(=O)(=O)NC1CCN(C#N)C1. The zero-order valence-corrected chi connectivity index (χ0v) is 11.9. The quantitative estimate of drug-likeness (QED) is 0.603. The Kier molecular flexibility index (Phi) is 4.01. The molecule has 0 saturated carbocycles. The summed E-state index contributed by atoms with van der Waals surface area (Å²) in [7, 11) is -2.33. The fourth-order valence-corrected chi connectivity index (χ4v) is 3.60. The van der Waals surface area contributed by atoms with Gasteiger partial charge in [0.2, 0.25) is 10.0 Å². The lowest BCUT2D eigenvalue weighted by Gasteiger charge is -2.15. The molecule has 1 aliphatic rings. The van der Waals surface area contributed by atoms with E-state index in [2.05, 4.69) is 4.72 Å². The number of ether oxygens (including phenoxy) is 1. The van der Waals surface area contributed by atoms with Crippen molar-refractivity contribution in [2.75, 3.05) is 25.9 Å². The number of nitrogen functional groups attached to an aromatic ring is 1. The Labute approximate surface area is 118 Å². The maximum absolute atomic E-state index is 12.4. The van der Waals surface area contributed by atoms with E-state index in [0.717, 1.165) is 0 Å². The van der Waals surface area contributed by atoms with Gasteiger partial charge in [0.1, 0.15) is 10.6 Å². The first kappa shape index (κ1) is 14.4. The van der Waals surface area contributed by atoms with E-state index < -0.39 is 10.0 Å². The molecule has 0 aliphatic carbocycles. The number of nitrogens with zero attached hydrogens (tertiary/aromatic N) is 2. The van der Waals surface area contributed by atoms with Gasteiger partial charge in [-0.05, 0) is 24.6 Å². The number of hydrogen-bond donors (Lipinski definition) is 2. The summed E-state index contributed by atoms with van der Waals surface area (Å²) in [5.41, 5.74) is 5.98. The maximum Gasteiger partial charge on any atom is 0.244 e. The van der Waals surface area contributed by atoms with Crippen LogP contribution in [-0.4, -0.2) is 39.6 Å². The van der Waals surface area contributed by atoms with Gasteiger partial charge in [-0.25, -0.2) is 13.1 Å². The fourth-order valence-electron chi connectivity index (χ4n) is 2.13. The molecule has 2 rings (SSSR count). The van der Waals surface area contributed by atoms with Crippen molar-refractivity contribution < 1.29 is 13.2 Å². The third-order valence-electron chi connectivity index (χ3n) is 3.13. The molecular weight excluding hydrogens is 280 g/mol. The molecule has 7 nitrogen and oxygen atoms in total. The van der Waals surface area contributed by atoms with E-state index in [9.17, 15) is 8.42 Å². The molecule has 1 aromatic rings. The van der Waals surface area contributed by atoms with Gasteiger partial charge in [-0.3, -0.25) is 0 Å². The lowest BCUT2D eigenvalue weighted by Crippen LogP contribution is -2.36. The molecule has 0 aromatic heterocycles. The molecular formula is C12H16N4O3S. The second kappa shape index (κ2) is 5.56. The van der Waals surface area contributed by atoms with Gasteiger partial charge in [0.25, 0.3) is 0 Å². The van der Waals surface area contributed by atoms with Crippen molar-refractivity contribution in [2.45, 2.75) is 17.4 Å². The molecule has 1 aliphatic heterocycles. The highest BCUT2D eigenvalue weighted by atomic mass is 32.2. The molecule has 20 heavy (non-hydrogen) atoms. The van der Waals surface area contributed by atoms with Gasteiger partial charge in [0, 0.05) is 24.8 Å². The highest BCUT2D eigenvalue weighted by Crippen LogP contribution is 2.26. The molecule has 0 amide bonds. The lowest BCUT2D eigenvalue weighted by atomic mass is 10.3. The predicted molar refractivity (Wildman–Crippen MR) is 73.3 cm³/mol. The molecule has 1 fully saturated rings. The zero-order chi connectivity index (χ0) is 14.8. The second-order valence-corrected chi connectivity index (χ2v) is 6.25. The van der Waals surface area contributed by atoms with Crippen LogP contribution in [0.5, 0.6) is 5.75 Å². The summed E-state index contributed by atoms with van der Waals surface area (Å²) >= 11 is 0. The standard InChI is InChI=1S/C12H16N4O3S/c1-19-11-3-2-9(14)6-12(11)20(17,18)15-10-4-5-16(7-10)8-13/h2-3,6,10,15H,4-5,7,14H2,1H3. The largest absolute Gasteiger partial charge is 0.495 e. The summed E-state index contributed by atoms with van der Waals surface area (Å²) in [6.45, 7) is 0.929. The highest BCUT2D eigenvalue weighted by molar-refractivity contribution is 7.89. The topological polar surface area (TPSA) is 108 Å². The molecule has 0 spiro atoms. The first-order chi connectivity index (χ1) is 9.46. The third-order valence-corrected chi connectivity index (χ3v) is 4.67. The van der Waals surface area contributed by atoms with Crippen molar-refractivity contribution >= 4 is 15.7 Å². The van der Waals surface area contributed by atoms with Crippen LogP contribution >= 0.6 is 0 Å². The number of sulfonamides is 1. The number of rotatable bonds is 4. The van der Waals surface area contributed by atoms with E-state index in [-0.39, 0.29) is 16.7 Å². The van der Waals surface area contributed by atoms with Gasteiger partial charge >= 0.3 is 0 Å². The molecule has 0 radical (unpaired) electrons. The lowest BCUT2D eigenvalue weighted by molar-refractivity contribution is 0.402. The fraction of sp³-hybridized carbons (Fsp3) is 0.417. The molecule has 108 valence electrons. The molecule has 1 aromatic carbocycles. The summed E-state index contributed by atoms with van der Waals surface area (Å²) < 4.78 is 32.4. The van der Waals surface area contributed by atoms with Gasteiger partial charge in [-0.2, -0.15) is 5.26 Å². The van der Waals surface area contributed by atoms with Crippen LogP contribution in [0.25, 0.3) is 0 Å². The first-order valence-electron chi connectivity index (χ1n) is 6.07. The van der Waals surface area contributed by atoms with Crippen molar-refractivity contribution in [3.05, 3.63) is 18.2 Å². The first-order valence-corrected chi connectivity index (χ1v) is 7.55. The summed E-state index contributed by atoms with van der Waals surface area (Å²) in [6.07, 6.45) is 2.60. The van der Waals surface area contributed by atoms with Crippen molar-refractivity contribution in [1.29, 1.82) is 5.26 Å². The van der Waals surface area contributed by atoms with Crippen LogP contribution in [-0.2, 0) is 10.0 Å². The van der Waals surface area contributed by atoms with Crippen LogP contribution in [0.4, 0.5) is 5.69 Å². The van der Waals surface area contributed by atoms with Crippen molar-refractivity contribution in [2.24, 2.45) is 0 Å². The van der Waals surface area contributed by atoms with Crippen molar-refractivity contribution in [3.8, 4) is 11.9 Å². The van der Waals surface area contributed by atoms with E-state index in [1.807, 2.05) is 6.19 Å². The molecule has 8 heteroatoms. The maximum atomic E-state index is 12.4. The Morgan fingerprint density at radius 3 is 2.90 bits per heavy atom. The van der Waals surface area contributed by atoms with Crippen LogP contribution in [0.2, 0.25) is 0 Å². The average Bonchev–Trinajstić information content (AvgIpc) is 2.85. The van der Waals surface area contributed by atoms with Gasteiger partial charge in [-0.15, -0.1) is 0 Å². The van der Waals surface area contributed by atoms with E-state index >= 15 is 0 Å². The average molecular weight is 296 g/mol. The molecule has 0 bridgehead atoms. The third kappa shape index (κ3) is 2.95. The molecule has 1 atom stereocenters. The number of nitrogens with one attached hydrogen (secondary N) is 1. The minimum atomic E-state index is -3.73. The highest BCUT2D eigenvalue weighted by Gasteiger charge is 2.28. The number of hydrogen-bond acceptors (Lipinski definition) is 6. The van der Waals surface area contributed by atoms with E-state index in [4.69, 9.17) is 15.7 Å². The smallest absolute Gasteiger partial charge is 0.244 e. The van der Waals surface area contributed by atoms with E-state index in [1.54, 1.807) is 6.07 Å². The molecule has 1 unspecified atom stereocenters. The molecule has 1 saturated heterocycles.